The Morgan fingerprint density at radius 1 is 1.47 bits per heavy atom. The van der Waals surface area contributed by atoms with E-state index in [9.17, 15) is 14.0 Å². The first-order valence-corrected chi connectivity index (χ1v) is 5.76. The van der Waals surface area contributed by atoms with E-state index >= 15 is 0 Å². The molecule has 0 bridgehead atoms. The summed E-state index contributed by atoms with van der Waals surface area (Å²) in [5, 5.41) is 11.1. The van der Waals surface area contributed by atoms with Crippen LogP contribution in [0.4, 0.5) is 4.39 Å². The number of hydrogen-bond donors (Lipinski definition) is 2. The molecule has 0 aliphatic heterocycles. The molecule has 1 rings (SSSR count). The Morgan fingerprint density at radius 2 is 2.16 bits per heavy atom. The zero-order valence-corrected chi connectivity index (χ0v) is 10.8. The number of halogens is 1. The van der Waals surface area contributed by atoms with Crippen molar-refractivity contribution in [3.63, 3.8) is 0 Å². The number of benzene rings is 1. The normalized spacial score (nSPS) is 11.7. The van der Waals surface area contributed by atoms with E-state index in [4.69, 9.17) is 9.84 Å². The number of carboxylic acid groups (broad SMARTS) is 1. The number of hydrogen-bond acceptors (Lipinski definition) is 3. The van der Waals surface area contributed by atoms with Crippen LogP contribution in [0.3, 0.4) is 0 Å². The Hall–Kier alpha value is -2.11. The van der Waals surface area contributed by atoms with Crippen LogP contribution in [0.1, 0.15) is 18.9 Å². The molecule has 0 aliphatic carbocycles. The first-order valence-electron chi connectivity index (χ1n) is 5.76. The standard InChI is InChI=1S/C13H16FNO4/c1-8(5-13(17)18)15-12(16)7-9-3-4-10(14)11(6-9)19-2/h3-4,6,8H,5,7H2,1-2H3,(H,15,16)(H,17,18). The molecule has 1 atom stereocenters. The number of rotatable bonds is 6. The van der Waals surface area contributed by atoms with E-state index in [2.05, 4.69) is 5.32 Å². The molecule has 1 aromatic rings. The zero-order valence-electron chi connectivity index (χ0n) is 10.8. The molecule has 0 radical (unpaired) electrons. The van der Waals surface area contributed by atoms with Crippen molar-refractivity contribution >= 4 is 11.9 Å². The van der Waals surface area contributed by atoms with Gasteiger partial charge in [0.25, 0.3) is 0 Å². The van der Waals surface area contributed by atoms with Gasteiger partial charge in [0.1, 0.15) is 0 Å². The molecule has 0 aromatic heterocycles. The van der Waals surface area contributed by atoms with Crippen LogP contribution < -0.4 is 10.1 Å². The van der Waals surface area contributed by atoms with Crippen LogP contribution >= 0.6 is 0 Å². The molecule has 0 saturated carbocycles. The first kappa shape index (κ1) is 14.9. The van der Waals surface area contributed by atoms with E-state index in [-0.39, 0.29) is 24.5 Å². The van der Waals surface area contributed by atoms with Crippen LogP contribution in [-0.2, 0) is 16.0 Å². The van der Waals surface area contributed by atoms with E-state index in [1.165, 1.54) is 25.3 Å². The summed E-state index contributed by atoms with van der Waals surface area (Å²) in [5.41, 5.74) is 0.596. The highest BCUT2D eigenvalue weighted by atomic mass is 19.1. The number of methoxy groups -OCH3 is 1. The van der Waals surface area contributed by atoms with Crippen LogP contribution in [-0.4, -0.2) is 30.1 Å². The van der Waals surface area contributed by atoms with Crippen molar-refractivity contribution in [3.8, 4) is 5.75 Å². The molecule has 1 amide bonds. The minimum absolute atomic E-state index is 0.0423. The fourth-order valence-corrected chi connectivity index (χ4v) is 1.64. The Morgan fingerprint density at radius 3 is 2.74 bits per heavy atom. The second kappa shape index (κ2) is 6.72. The maximum atomic E-state index is 13.2. The lowest BCUT2D eigenvalue weighted by atomic mass is 10.1. The summed E-state index contributed by atoms with van der Waals surface area (Å²) in [7, 11) is 1.34. The summed E-state index contributed by atoms with van der Waals surface area (Å²) in [6, 6.07) is 3.70. The molecular weight excluding hydrogens is 253 g/mol. The SMILES string of the molecule is COc1cc(CC(=O)NC(C)CC(=O)O)ccc1F. The lowest BCUT2D eigenvalue weighted by Crippen LogP contribution is -2.35. The number of carbonyl (C=O) groups is 2. The van der Waals surface area contributed by atoms with Gasteiger partial charge in [-0.1, -0.05) is 6.07 Å². The van der Waals surface area contributed by atoms with Gasteiger partial charge in [0.2, 0.25) is 5.91 Å². The molecule has 0 spiro atoms. The van der Waals surface area contributed by atoms with E-state index in [0.717, 1.165) is 0 Å². The number of amides is 1. The Kier molecular flexibility index (Phi) is 5.29. The minimum atomic E-state index is -0.976. The van der Waals surface area contributed by atoms with Crippen LogP contribution in [0, 0.1) is 5.82 Å². The Bertz CT molecular complexity index is 476. The van der Waals surface area contributed by atoms with E-state index in [1.807, 2.05) is 0 Å². The molecule has 0 fully saturated rings. The van der Waals surface area contributed by atoms with Crippen molar-refractivity contribution in [1.29, 1.82) is 0 Å². The topological polar surface area (TPSA) is 75.6 Å². The lowest BCUT2D eigenvalue weighted by molar-refractivity contribution is -0.137. The fraction of sp³-hybridized carbons (Fsp3) is 0.385. The third-order valence-electron chi connectivity index (χ3n) is 2.47. The van der Waals surface area contributed by atoms with Gasteiger partial charge >= 0.3 is 5.97 Å². The summed E-state index contributed by atoms with van der Waals surface area (Å²) in [6.45, 7) is 1.61. The van der Waals surface area contributed by atoms with Crippen LogP contribution in [0.25, 0.3) is 0 Å². The van der Waals surface area contributed by atoms with Crippen molar-refractivity contribution < 1.29 is 23.8 Å². The zero-order chi connectivity index (χ0) is 14.4. The van der Waals surface area contributed by atoms with Crippen LogP contribution in [0.5, 0.6) is 5.75 Å². The molecule has 0 saturated heterocycles. The van der Waals surface area contributed by atoms with Crippen molar-refractivity contribution in [2.24, 2.45) is 0 Å². The average Bonchev–Trinajstić information content (AvgIpc) is 2.30. The highest BCUT2D eigenvalue weighted by Crippen LogP contribution is 2.18. The molecule has 6 heteroatoms. The molecule has 1 unspecified atom stereocenters. The Balaban J connectivity index is 2.59. The van der Waals surface area contributed by atoms with Gasteiger partial charge in [0.05, 0.1) is 20.0 Å². The number of carboxylic acids is 1. The van der Waals surface area contributed by atoms with Crippen molar-refractivity contribution in [3.05, 3.63) is 29.6 Å². The summed E-state index contributed by atoms with van der Waals surface area (Å²) < 4.78 is 18.0. The quantitative estimate of drug-likeness (QED) is 0.817. The highest BCUT2D eigenvalue weighted by molar-refractivity contribution is 5.79. The van der Waals surface area contributed by atoms with E-state index in [0.29, 0.717) is 5.56 Å². The third kappa shape index (κ3) is 4.95. The number of nitrogens with one attached hydrogen (secondary N) is 1. The van der Waals surface area contributed by atoms with Gasteiger partial charge in [-0.05, 0) is 24.6 Å². The maximum absolute atomic E-state index is 13.2. The van der Waals surface area contributed by atoms with Crippen LogP contribution in [0.2, 0.25) is 0 Å². The van der Waals surface area contributed by atoms with Gasteiger partial charge in [0, 0.05) is 6.04 Å². The summed E-state index contributed by atoms with van der Waals surface area (Å²) in [5.74, 6) is -1.71. The summed E-state index contributed by atoms with van der Waals surface area (Å²) in [4.78, 5) is 22.1. The second-order valence-corrected chi connectivity index (χ2v) is 4.21. The van der Waals surface area contributed by atoms with Gasteiger partial charge in [-0.3, -0.25) is 9.59 Å². The molecule has 0 aliphatic rings. The van der Waals surface area contributed by atoms with Crippen molar-refractivity contribution in [2.75, 3.05) is 7.11 Å². The molecular formula is C13H16FNO4. The molecule has 19 heavy (non-hydrogen) atoms. The third-order valence-corrected chi connectivity index (χ3v) is 2.47. The maximum Gasteiger partial charge on any atom is 0.305 e. The largest absolute Gasteiger partial charge is 0.494 e. The van der Waals surface area contributed by atoms with Gasteiger partial charge in [-0.25, -0.2) is 4.39 Å². The van der Waals surface area contributed by atoms with E-state index < -0.39 is 17.8 Å². The number of carbonyl (C=O) groups excluding carboxylic acids is 1. The average molecular weight is 269 g/mol. The lowest BCUT2D eigenvalue weighted by Gasteiger charge is -2.12. The minimum Gasteiger partial charge on any atom is -0.494 e. The molecule has 104 valence electrons. The van der Waals surface area contributed by atoms with E-state index in [1.54, 1.807) is 6.92 Å². The Labute approximate surface area is 110 Å². The smallest absolute Gasteiger partial charge is 0.305 e. The second-order valence-electron chi connectivity index (χ2n) is 4.21. The summed E-state index contributed by atoms with van der Waals surface area (Å²) >= 11 is 0. The molecule has 0 heterocycles. The van der Waals surface area contributed by atoms with Gasteiger partial charge < -0.3 is 15.2 Å². The monoisotopic (exact) mass is 269 g/mol. The van der Waals surface area contributed by atoms with Gasteiger partial charge in [-0.2, -0.15) is 0 Å². The van der Waals surface area contributed by atoms with Crippen molar-refractivity contribution in [1.82, 2.24) is 5.32 Å². The fourth-order valence-electron chi connectivity index (χ4n) is 1.64. The highest BCUT2D eigenvalue weighted by Gasteiger charge is 2.12. The predicted octanol–water partition coefficient (Wildman–Crippen LogP) is 1.36. The van der Waals surface area contributed by atoms with Crippen LogP contribution in [0.15, 0.2) is 18.2 Å². The van der Waals surface area contributed by atoms with Gasteiger partial charge in [0.15, 0.2) is 11.6 Å². The number of aliphatic carboxylic acids is 1. The molecule has 2 N–H and O–H groups in total. The molecule has 5 nitrogen and oxygen atoms in total. The first-order chi connectivity index (χ1) is 8.92. The van der Waals surface area contributed by atoms with Gasteiger partial charge in [-0.15, -0.1) is 0 Å². The number of ether oxygens (including phenoxy) is 1. The predicted molar refractivity (Wildman–Crippen MR) is 66.5 cm³/mol. The van der Waals surface area contributed by atoms with Crippen molar-refractivity contribution in [2.45, 2.75) is 25.8 Å². The molecule has 1 aromatic carbocycles. The summed E-state index contributed by atoms with van der Waals surface area (Å²) in [6.07, 6.45) is -0.0981.